The highest BCUT2D eigenvalue weighted by molar-refractivity contribution is 6.22. The quantitative estimate of drug-likeness (QED) is 0.586. The van der Waals surface area contributed by atoms with Gasteiger partial charge in [0, 0.05) is 0 Å². The molecule has 2 bridgehead atoms. The molecule has 3 aliphatic carbocycles. The standard InChI is InChI=1S/C21H21NO2/c1-11-16-13-8-9-14(10-13)17(16)12(2)19-18(11)20(23)22(21(19)24)15-6-4-3-5-7-15/h3-9,11-14,18-19H,10H2,1-2H3/t11-,12+,13-,14-,18-,19-/m0/s1. The monoisotopic (exact) mass is 319 g/mol. The van der Waals surface area contributed by atoms with Crippen LogP contribution >= 0.6 is 0 Å². The molecule has 1 aliphatic heterocycles. The van der Waals surface area contributed by atoms with Crippen LogP contribution in [0, 0.1) is 35.5 Å². The topological polar surface area (TPSA) is 37.4 Å². The second-order valence-electron chi connectivity index (χ2n) is 7.72. The van der Waals surface area contributed by atoms with Crippen molar-refractivity contribution in [2.45, 2.75) is 20.3 Å². The second-order valence-corrected chi connectivity index (χ2v) is 7.72. The molecule has 0 unspecified atom stereocenters. The SMILES string of the molecule is C[C@@H]1C2=C([C@H]3C=C[C@H]2C3)[C@H](C)[C@@H]2C(=O)N(c3ccccc3)C(=O)[C@H]21. The minimum atomic E-state index is -0.195. The van der Waals surface area contributed by atoms with E-state index in [-0.39, 0.29) is 35.5 Å². The van der Waals surface area contributed by atoms with Gasteiger partial charge in [-0.3, -0.25) is 14.5 Å². The molecule has 0 spiro atoms. The van der Waals surface area contributed by atoms with E-state index in [0.717, 1.165) is 6.42 Å². The number of rotatable bonds is 1. The molecular weight excluding hydrogens is 298 g/mol. The first-order valence-electron chi connectivity index (χ1n) is 8.94. The van der Waals surface area contributed by atoms with Gasteiger partial charge in [-0.2, -0.15) is 0 Å². The van der Waals surface area contributed by atoms with Gasteiger partial charge in [0.1, 0.15) is 0 Å². The Kier molecular flexibility index (Phi) is 2.77. The van der Waals surface area contributed by atoms with Crippen LogP contribution in [0.5, 0.6) is 0 Å². The zero-order valence-electron chi connectivity index (χ0n) is 14.0. The summed E-state index contributed by atoms with van der Waals surface area (Å²) in [4.78, 5) is 27.8. The lowest BCUT2D eigenvalue weighted by molar-refractivity contribution is -0.122. The third-order valence-electron chi connectivity index (χ3n) is 6.69. The summed E-state index contributed by atoms with van der Waals surface area (Å²) in [5.74, 6) is 0.938. The van der Waals surface area contributed by atoms with E-state index in [4.69, 9.17) is 0 Å². The second kappa shape index (κ2) is 4.69. The van der Waals surface area contributed by atoms with Gasteiger partial charge in [-0.1, -0.05) is 55.3 Å². The molecule has 122 valence electrons. The summed E-state index contributed by atoms with van der Waals surface area (Å²) in [7, 11) is 0. The number of hydrogen-bond acceptors (Lipinski definition) is 2. The average Bonchev–Trinajstić information content (AvgIpc) is 3.26. The minimum Gasteiger partial charge on any atom is -0.274 e. The first kappa shape index (κ1) is 14.2. The number of fused-ring (bicyclic) bond motifs is 5. The molecule has 1 heterocycles. The number of allylic oxidation sites excluding steroid dienone is 4. The van der Waals surface area contributed by atoms with Gasteiger partial charge in [-0.05, 0) is 42.2 Å². The number of amides is 2. The molecule has 1 saturated heterocycles. The van der Waals surface area contributed by atoms with Crippen molar-refractivity contribution in [1.82, 2.24) is 0 Å². The predicted octanol–water partition coefficient (Wildman–Crippen LogP) is 3.58. The van der Waals surface area contributed by atoms with Gasteiger partial charge in [0.05, 0.1) is 17.5 Å². The lowest BCUT2D eigenvalue weighted by Gasteiger charge is -2.38. The van der Waals surface area contributed by atoms with Crippen LogP contribution in [0.25, 0.3) is 0 Å². The third-order valence-corrected chi connectivity index (χ3v) is 6.69. The fourth-order valence-corrected chi connectivity index (χ4v) is 5.77. The van der Waals surface area contributed by atoms with Crippen molar-refractivity contribution < 1.29 is 9.59 Å². The third kappa shape index (κ3) is 1.58. The summed E-state index contributed by atoms with van der Waals surface area (Å²) in [6.45, 7) is 4.32. The Morgan fingerprint density at radius 2 is 1.33 bits per heavy atom. The number of hydrogen-bond donors (Lipinski definition) is 0. The van der Waals surface area contributed by atoms with E-state index in [1.54, 1.807) is 0 Å². The van der Waals surface area contributed by atoms with Crippen molar-refractivity contribution in [2.24, 2.45) is 35.5 Å². The lowest BCUT2D eigenvalue weighted by Crippen LogP contribution is -2.37. The number of benzene rings is 1. The van der Waals surface area contributed by atoms with Crippen LogP contribution in [0.1, 0.15) is 20.3 Å². The zero-order valence-corrected chi connectivity index (χ0v) is 14.0. The van der Waals surface area contributed by atoms with Crippen LogP contribution in [-0.4, -0.2) is 11.8 Å². The summed E-state index contributed by atoms with van der Waals surface area (Å²) >= 11 is 0. The molecule has 2 amide bonds. The molecule has 6 atom stereocenters. The number of para-hydroxylation sites is 1. The van der Waals surface area contributed by atoms with E-state index in [2.05, 4.69) is 26.0 Å². The molecule has 5 rings (SSSR count). The normalized spacial score (nSPS) is 39.7. The molecule has 1 fully saturated rings. The molecule has 1 aromatic carbocycles. The summed E-state index contributed by atoms with van der Waals surface area (Å²) < 4.78 is 0. The highest BCUT2D eigenvalue weighted by Crippen LogP contribution is 2.58. The van der Waals surface area contributed by atoms with E-state index in [9.17, 15) is 9.59 Å². The summed E-state index contributed by atoms with van der Waals surface area (Å²) in [6.07, 6.45) is 5.77. The van der Waals surface area contributed by atoms with Crippen LogP contribution in [0.3, 0.4) is 0 Å². The van der Waals surface area contributed by atoms with Gasteiger partial charge in [-0.25, -0.2) is 0 Å². The molecule has 24 heavy (non-hydrogen) atoms. The zero-order chi connectivity index (χ0) is 16.6. The van der Waals surface area contributed by atoms with Crippen LogP contribution in [0.4, 0.5) is 5.69 Å². The highest BCUT2D eigenvalue weighted by atomic mass is 16.2. The van der Waals surface area contributed by atoms with Crippen molar-refractivity contribution in [1.29, 1.82) is 0 Å². The van der Waals surface area contributed by atoms with Crippen molar-refractivity contribution in [3.63, 3.8) is 0 Å². The number of imide groups is 1. The smallest absolute Gasteiger partial charge is 0.238 e. The molecule has 0 N–H and O–H groups in total. The van der Waals surface area contributed by atoms with Gasteiger partial charge in [0.25, 0.3) is 0 Å². The average molecular weight is 319 g/mol. The van der Waals surface area contributed by atoms with Crippen LogP contribution < -0.4 is 4.90 Å². The predicted molar refractivity (Wildman–Crippen MR) is 92.0 cm³/mol. The summed E-state index contributed by atoms with van der Waals surface area (Å²) in [6, 6.07) is 9.39. The number of anilines is 1. The first-order chi connectivity index (χ1) is 11.6. The van der Waals surface area contributed by atoms with E-state index in [1.165, 1.54) is 16.0 Å². The molecule has 3 heteroatoms. The van der Waals surface area contributed by atoms with E-state index < -0.39 is 0 Å². The number of nitrogens with zero attached hydrogens (tertiary/aromatic N) is 1. The van der Waals surface area contributed by atoms with Crippen molar-refractivity contribution in [3.8, 4) is 0 Å². The van der Waals surface area contributed by atoms with Crippen molar-refractivity contribution in [2.75, 3.05) is 4.90 Å². The first-order valence-corrected chi connectivity index (χ1v) is 8.94. The van der Waals surface area contributed by atoms with Crippen LogP contribution in [-0.2, 0) is 9.59 Å². The van der Waals surface area contributed by atoms with Gasteiger partial charge >= 0.3 is 0 Å². The molecule has 3 nitrogen and oxygen atoms in total. The Labute approximate surface area is 142 Å². The minimum absolute atomic E-state index is 0.00569. The van der Waals surface area contributed by atoms with Gasteiger partial charge in [0.15, 0.2) is 0 Å². The highest BCUT2D eigenvalue weighted by Gasteiger charge is 2.59. The maximum absolute atomic E-state index is 13.2. The fourth-order valence-electron chi connectivity index (χ4n) is 5.77. The molecular formula is C21H21NO2. The molecule has 0 saturated carbocycles. The van der Waals surface area contributed by atoms with Gasteiger partial charge in [-0.15, -0.1) is 0 Å². The number of carbonyl (C=O) groups is 2. The largest absolute Gasteiger partial charge is 0.274 e. The fraction of sp³-hybridized carbons (Fsp3) is 0.429. The van der Waals surface area contributed by atoms with Gasteiger partial charge in [0.2, 0.25) is 11.8 Å². The Balaban J connectivity index is 1.60. The van der Waals surface area contributed by atoms with Crippen molar-refractivity contribution >= 4 is 17.5 Å². The molecule has 0 radical (unpaired) electrons. The Morgan fingerprint density at radius 1 is 0.833 bits per heavy atom. The summed E-state index contributed by atoms with van der Waals surface area (Å²) in [5, 5.41) is 0. The Hall–Kier alpha value is -2.16. The van der Waals surface area contributed by atoms with E-state index in [1.807, 2.05) is 30.3 Å². The van der Waals surface area contributed by atoms with Crippen LogP contribution in [0.15, 0.2) is 53.6 Å². The van der Waals surface area contributed by atoms with Gasteiger partial charge < -0.3 is 0 Å². The maximum Gasteiger partial charge on any atom is 0.238 e. The van der Waals surface area contributed by atoms with Crippen LogP contribution in [0.2, 0.25) is 0 Å². The molecule has 0 aromatic heterocycles. The molecule has 1 aromatic rings. The molecule has 4 aliphatic rings. The number of carbonyl (C=O) groups excluding carboxylic acids is 2. The lowest BCUT2D eigenvalue weighted by atomic mass is 9.63. The Bertz CT molecular complexity index is 760. The van der Waals surface area contributed by atoms with E-state index >= 15 is 0 Å². The Morgan fingerprint density at radius 3 is 1.83 bits per heavy atom. The van der Waals surface area contributed by atoms with E-state index in [0.29, 0.717) is 17.5 Å². The summed E-state index contributed by atoms with van der Waals surface area (Å²) in [5.41, 5.74) is 3.64. The van der Waals surface area contributed by atoms with Crippen molar-refractivity contribution in [3.05, 3.63) is 53.6 Å². The maximum atomic E-state index is 13.2.